The van der Waals surface area contributed by atoms with E-state index >= 15 is 0 Å². The van der Waals surface area contributed by atoms with Crippen molar-refractivity contribution in [2.75, 3.05) is 25.2 Å². The van der Waals surface area contributed by atoms with Crippen molar-refractivity contribution in [1.29, 1.82) is 5.41 Å². The van der Waals surface area contributed by atoms with Gasteiger partial charge < -0.3 is 20.4 Å². The van der Waals surface area contributed by atoms with Crippen LogP contribution in [0.5, 0.6) is 0 Å². The molecule has 1 aliphatic heterocycles. The van der Waals surface area contributed by atoms with Gasteiger partial charge in [-0.3, -0.25) is 4.21 Å². The van der Waals surface area contributed by atoms with Gasteiger partial charge in [0.25, 0.3) is 0 Å². The Morgan fingerprint density at radius 2 is 1.93 bits per heavy atom. The fourth-order valence-corrected chi connectivity index (χ4v) is 5.02. The van der Waals surface area contributed by atoms with Crippen LogP contribution in [-0.2, 0) is 15.5 Å². The molecule has 7 heteroatoms. The van der Waals surface area contributed by atoms with Crippen molar-refractivity contribution in [1.82, 2.24) is 4.57 Å². The van der Waals surface area contributed by atoms with E-state index in [0.717, 1.165) is 40.0 Å². The van der Waals surface area contributed by atoms with Gasteiger partial charge in [-0.2, -0.15) is 0 Å². The Hall–Kier alpha value is -2.51. The molecule has 0 bridgehead atoms. The Morgan fingerprint density at radius 1 is 1.25 bits per heavy atom. The predicted molar refractivity (Wildman–Crippen MR) is 111 cm³/mol. The number of benzene rings is 2. The van der Waals surface area contributed by atoms with E-state index in [1.807, 2.05) is 10.6 Å². The van der Waals surface area contributed by atoms with E-state index in [2.05, 4.69) is 0 Å². The molecular formula is C21H22FN3O2S. The summed E-state index contributed by atoms with van der Waals surface area (Å²) in [6, 6.07) is 9.94. The monoisotopic (exact) mass is 399 g/mol. The van der Waals surface area contributed by atoms with E-state index in [1.54, 1.807) is 24.5 Å². The number of nitrogens with two attached hydrogens (primary N) is 1. The Labute approximate surface area is 165 Å². The van der Waals surface area contributed by atoms with Gasteiger partial charge in [0.05, 0.1) is 21.2 Å². The van der Waals surface area contributed by atoms with E-state index < -0.39 is 10.8 Å². The van der Waals surface area contributed by atoms with Gasteiger partial charge in [0.1, 0.15) is 5.82 Å². The van der Waals surface area contributed by atoms with Crippen LogP contribution in [0.3, 0.4) is 0 Å². The minimum atomic E-state index is -1.24. The number of nitrogens with one attached hydrogen (secondary N) is 1. The van der Waals surface area contributed by atoms with Crippen molar-refractivity contribution >= 4 is 33.6 Å². The molecule has 3 aromatic rings. The van der Waals surface area contributed by atoms with Gasteiger partial charge in [0.15, 0.2) is 0 Å². The number of fused-ring (bicyclic) bond motifs is 1. The van der Waals surface area contributed by atoms with E-state index in [9.17, 15) is 8.60 Å². The molecule has 1 aliphatic rings. The lowest BCUT2D eigenvalue weighted by molar-refractivity contribution is 0.0837. The van der Waals surface area contributed by atoms with Crippen molar-refractivity contribution in [3.63, 3.8) is 0 Å². The van der Waals surface area contributed by atoms with Crippen LogP contribution >= 0.6 is 0 Å². The van der Waals surface area contributed by atoms with Crippen LogP contribution in [0.2, 0.25) is 0 Å². The molecule has 1 atom stereocenters. The molecule has 0 radical (unpaired) electrons. The first kappa shape index (κ1) is 18.8. The molecule has 2 heterocycles. The number of rotatable bonds is 4. The summed E-state index contributed by atoms with van der Waals surface area (Å²) in [5, 5.41) is 8.48. The molecule has 1 aromatic heterocycles. The van der Waals surface area contributed by atoms with E-state index in [4.69, 9.17) is 15.9 Å². The van der Waals surface area contributed by atoms with Gasteiger partial charge in [-0.1, -0.05) is 0 Å². The average molecular weight is 399 g/mol. The number of halogens is 1. The third-order valence-corrected chi connectivity index (χ3v) is 6.30. The van der Waals surface area contributed by atoms with Crippen molar-refractivity contribution in [3.05, 3.63) is 53.5 Å². The smallest absolute Gasteiger partial charge is 0.123 e. The number of hydrogen-bond donors (Lipinski definition) is 2. The van der Waals surface area contributed by atoms with Crippen LogP contribution in [0.1, 0.15) is 30.0 Å². The summed E-state index contributed by atoms with van der Waals surface area (Å²) in [5.41, 5.74) is 9.79. The zero-order chi connectivity index (χ0) is 19.8. The summed E-state index contributed by atoms with van der Waals surface area (Å²) in [7, 11) is -1.24. The zero-order valence-corrected chi connectivity index (χ0v) is 16.4. The van der Waals surface area contributed by atoms with Crippen LogP contribution in [0, 0.1) is 11.2 Å². The highest BCUT2D eigenvalue weighted by molar-refractivity contribution is 7.84. The third kappa shape index (κ3) is 3.14. The molecular weight excluding hydrogens is 377 g/mol. The molecule has 28 heavy (non-hydrogen) atoms. The largest absolute Gasteiger partial charge is 0.398 e. The summed E-state index contributed by atoms with van der Waals surface area (Å²) in [6.45, 7) is 1.30. The van der Waals surface area contributed by atoms with Crippen LogP contribution in [0.25, 0.3) is 16.6 Å². The second kappa shape index (κ2) is 7.48. The van der Waals surface area contributed by atoms with Gasteiger partial charge in [0.2, 0.25) is 0 Å². The van der Waals surface area contributed by atoms with Crippen molar-refractivity contribution in [2.45, 2.75) is 23.7 Å². The molecule has 5 nitrogen and oxygen atoms in total. The van der Waals surface area contributed by atoms with Crippen molar-refractivity contribution < 1.29 is 13.3 Å². The van der Waals surface area contributed by atoms with Gasteiger partial charge in [-0.05, 0) is 49.2 Å². The van der Waals surface area contributed by atoms with Crippen LogP contribution in [0.4, 0.5) is 10.1 Å². The first-order chi connectivity index (χ1) is 13.5. The lowest BCUT2D eigenvalue weighted by Gasteiger charge is -2.25. The lowest BCUT2D eigenvalue weighted by Crippen LogP contribution is -2.18. The lowest BCUT2D eigenvalue weighted by atomic mass is 9.96. The molecule has 2 aromatic carbocycles. The standard InChI is InChI=1S/C21H22FN3O2S/c1-28(26)21-17-11-18(24)14(12-23)10-19(17)25(16-4-2-15(22)3-5-16)20(21)13-6-8-27-9-7-13/h2-5,10-13,23H,6-9,24H2,1H3. The summed E-state index contributed by atoms with van der Waals surface area (Å²) in [6.07, 6.45) is 4.55. The Kier molecular flexibility index (Phi) is 5.03. The maximum absolute atomic E-state index is 13.6. The topological polar surface area (TPSA) is 81.1 Å². The highest BCUT2D eigenvalue weighted by Gasteiger charge is 2.29. The second-order valence-corrected chi connectivity index (χ2v) is 8.33. The predicted octanol–water partition coefficient (Wildman–Crippen LogP) is 3.98. The van der Waals surface area contributed by atoms with E-state index in [0.29, 0.717) is 24.5 Å². The number of anilines is 1. The molecule has 1 unspecified atom stereocenters. The number of nitrogens with zero attached hydrogens (tertiary/aromatic N) is 1. The zero-order valence-electron chi connectivity index (χ0n) is 15.6. The maximum Gasteiger partial charge on any atom is 0.123 e. The summed E-state index contributed by atoms with van der Waals surface area (Å²) in [5.74, 6) is -0.133. The summed E-state index contributed by atoms with van der Waals surface area (Å²) < 4.78 is 33.9. The third-order valence-electron chi connectivity index (χ3n) is 5.30. The fraction of sp³-hybridized carbons (Fsp3) is 0.286. The first-order valence-corrected chi connectivity index (χ1v) is 10.7. The fourth-order valence-electron chi connectivity index (χ4n) is 3.99. The van der Waals surface area contributed by atoms with Crippen LogP contribution < -0.4 is 5.73 Å². The van der Waals surface area contributed by atoms with E-state index in [-0.39, 0.29) is 11.7 Å². The molecule has 0 spiro atoms. The minimum absolute atomic E-state index is 0.176. The summed E-state index contributed by atoms with van der Waals surface area (Å²) in [4.78, 5) is 0.759. The van der Waals surface area contributed by atoms with Crippen molar-refractivity contribution in [3.8, 4) is 5.69 Å². The second-order valence-electron chi connectivity index (χ2n) is 7.01. The Balaban J connectivity index is 2.11. The number of hydrogen-bond acceptors (Lipinski definition) is 4. The highest BCUT2D eigenvalue weighted by Crippen LogP contribution is 2.41. The quantitative estimate of drug-likeness (QED) is 0.514. The Morgan fingerprint density at radius 3 is 2.54 bits per heavy atom. The van der Waals surface area contributed by atoms with Crippen LogP contribution in [-0.4, -0.2) is 34.5 Å². The molecule has 0 aliphatic carbocycles. The highest BCUT2D eigenvalue weighted by atomic mass is 32.2. The average Bonchev–Trinajstić information content (AvgIpc) is 3.02. The molecule has 0 amide bonds. The number of nitrogen functional groups attached to an aromatic ring is 1. The van der Waals surface area contributed by atoms with Gasteiger partial charge >= 0.3 is 0 Å². The minimum Gasteiger partial charge on any atom is -0.398 e. The SMILES string of the molecule is CS(=O)c1c(C2CCOCC2)n(-c2ccc(F)cc2)c2cc(C=N)c(N)cc12. The normalized spacial score (nSPS) is 16.4. The molecule has 0 saturated carbocycles. The number of aromatic nitrogens is 1. The van der Waals surface area contributed by atoms with Gasteiger partial charge in [0, 0.05) is 59.6 Å². The van der Waals surface area contributed by atoms with Crippen LogP contribution in [0.15, 0.2) is 41.3 Å². The van der Waals surface area contributed by atoms with Crippen molar-refractivity contribution in [2.24, 2.45) is 0 Å². The Bertz CT molecular complexity index is 1070. The molecule has 3 N–H and O–H groups in total. The molecule has 1 saturated heterocycles. The van der Waals surface area contributed by atoms with E-state index in [1.165, 1.54) is 18.3 Å². The maximum atomic E-state index is 13.6. The summed E-state index contributed by atoms with van der Waals surface area (Å²) >= 11 is 0. The number of ether oxygens (including phenoxy) is 1. The first-order valence-electron chi connectivity index (χ1n) is 9.16. The van der Waals surface area contributed by atoms with Gasteiger partial charge in [-0.25, -0.2) is 4.39 Å². The van der Waals surface area contributed by atoms with Gasteiger partial charge in [-0.15, -0.1) is 0 Å². The molecule has 146 valence electrons. The molecule has 4 rings (SSSR count). The molecule has 1 fully saturated rings.